The summed E-state index contributed by atoms with van der Waals surface area (Å²) in [6.07, 6.45) is 3.99. The molecule has 1 aliphatic rings. The summed E-state index contributed by atoms with van der Waals surface area (Å²) in [4.78, 5) is 15.9. The third kappa shape index (κ3) is 5.61. The lowest BCUT2D eigenvalue weighted by molar-refractivity contribution is -0.871. The van der Waals surface area contributed by atoms with Gasteiger partial charge in [-0.25, -0.2) is 0 Å². The number of rotatable bonds is 8. The average molecular weight is 396 g/mol. The van der Waals surface area contributed by atoms with Gasteiger partial charge in [0.25, 0.3) is 5.91 Å². The van der Waals surface area contributed by atoms with Crippen molar-refractivity contribution in [1.82, 2.24) is 4.90 Å². The van der Waals surface area contributed by atoms with E-state index in [1.54, 1.807) is 14.2 Å². The minimum Gasteiger partial charge on any atom is -0.493 e. The third-order valence-electron chi connectivity index (χ3n) is 5.45. The second kappa shape index (κ2) is 10.1. The molecule has 0 aromatic heterocycles. The first-order valence-corrected chi connectivity index (χ1v) is 10.1. The topological polar surface area (TPSA) is 43.2 Å². The van der Waals surface area contributed by atoms with Crippen molar-refractivity contribution < 1.29 is 19.2 Å². The van der Waals surface area contributed by atoms with Crippen molar-refractivity contribution in [2.75, 3.05) is 47.4 Å². The Balaban J connectivity index is 1.48. The van der Waals surface area contributed by atoms with Gasteiger partial charge in [0.2, 0.25) is 0 Å². The SMILES string of the molecule is COc1ccc(CC[NH+](C)CC(=O)N2CC=C(c3ccccc3)CC2)cc1OC. The molecule has 0 bridgehead atoms. The smallest absolute Gasteiger partial charge is 0.278 e. The monoisotopic (exact) mass is 395 g/mol. The van der Waals surface area contributed by atoms with Gasteiger partial charge in [-0.05, 0) is 35.3 Å². The second-order valence-electron chi connectivity index (χ2n) is 7.51. The molecule has 5 heteroatoms. The van der Waals surface area contributed by atoms with Crippen LogP contribution in [0.4, 0.5) is 0 Å². The Labute approximate surface area is 173 Å². The van der Waals surface area contributed by atoms with E-state index in [-0.39, 0.29) is 5.91 Å². The summed E-state index contributed by atoms with van der Waals surface area (Å²) in [6.45, 7) is 2.90. The van der Waals surface area contributed by atoms with Gasteiger partial charge >= 0.3 is 0 Å². The molecule has 1 N–H and O–H groups in total. The molecule has 1 unspecified atom stereocenters. The molecule has 29 heavy (non-hydrogen) atoms. The summed E-state index contributed by atoms with van der Waals surface area (Å²) in [6, 6.07) is 16.4. The number of likely N-dealkylation sites (N-methyl/N-ethyl adjacent to an activating group) is 1. The number of hydrogen-bond donors (Lipinski definition) is 1. The number of amides is 1. The zero-order valence-electron chi connectivity index (χ0n) is 17.6. The number of benzene rings is 2. The maximum Gasteiger partial charge on any atom is 0.278 e. The van der Waals surface area contributed by atoms with Crippen LogP contribution in [-0.4, -0.2) is 58.3 Å². The summed E-state index contributed by atoms with van der Waals surface area (Å²) in [5.41, 5.74) is 3.78. The molecule has 1 heterocycles. The van der Waals surface area contributed by atoms with E-state index < -0.39 is 0 Å². The Morgan fingerprint density at radius 3 is 2.48 bits per heavy atom. The van der Waals surface area contributed by atoms with Crippen molar-refractivity contribution in [2.45, 2.75) is 12.8 Å². The van der Waals surface area contributed by atoms with Gasteiger partial charge in [0.05, 0.1) is 27.8 Å². The Bertz CT molecular complexity index is 848. The molecular formula is C24H31N2O3+. The average Bonchev–Trinajstić information content (AvgIpc) is 2.78. The number of carbonyl (C=O) groups is 1. The van der Waals surface area contributed by atoms with Crippen molar-refractivity contribution in [1.29, 1.82) is 0 Å². The summed E-state index contributed by atoms with van der Waals surface area (Å²) in [5, 5.41) is 0. The predicted octanol–water partition coefficient (Wildman–Crippen LogP) is 2.08. The van der Waals surface area contributed by atoms with E-state index in [0.29, 0.717) is 13.1 Å². The first kappa shape index (κ1) is 20.9. The number of methoxy groups -OCH3 is 2. The lowest BCUT2D eigenvalue weighted by atomic mass is 9.99. The molecule has 2 aromatic rings. The van der Waals surface area contributed by atoms with E-state index in [1.165, 1.54) is 21.6 Å². The number of nitrogens with zero attached hydrogens (tertiary/aromatic N) is 1. The van der Waals surface area contributed by atoms with Gasteiger partial charge in [0.1, 0.15) is 0 Å². The van der Waals surface area contributed by atoms with Crippen LogP contribution in [0.3, 0.4) is 0 Å². The highest BCUT2D eigenvalue weighted by Gasteiger charge is 2.20. The molecular weight excluding hydrogens is 364 g/mol. The second-order valence-corrected chi connectivity index (χ2v) is 7.51. The van der Waals surface area contributed by atoms with Crippen molar-refractivity contribution in [2.24, 2.45) is 0 Å². The highest BCUT2D eigenvalue weighted by atomic mass is 16.5. The maximum atomic E-state index is 12.7. The number of quaternary nitrogens is 1. The first-order valence-electron chi connectivity index (χ1n) is 10.1. The maximum absolute atomic E-state index is 12.7. The minimum atomic E-state index is 0.221. The molecule has 0 radical (unpaired) electrons. The Kier molecular flexibility index (Phi) is 7.30. The van der Waals surface area contributed by atoms with E-state index in [1.807, 2.05) is 23.1 Å². The zero-order chi connectivity index (χ0) is 20.6. The fourth-order valence-electron chi connectivity index (χ4n) is 3.66. The van der Waals surface area contributed by atoms with Gasteiger partial charge in [0, 0.05) is 19.5 Å². The van der Waals surface area contributed by atoms with Crippen LogP contribution >= 0.6 is 0 Å². The van der Waals surface area contributed by atoms with Gasteiger partial charge in [-0.1, -0.05) is 42.5 Å². The standard InChI is InChI=1S/C24H30N2O3/c1-25(14-11-19-9-10-22(28-2)23(17-19)29-3)18-24(27)26-15-12-21(13-16-26)20-7-5-4-6-8-20/h4-10,12,17H,11,13-16,18H2,1-3H3/p+1. The fourth-order valence-corrected chi connectivity index (χ4v) is 3.66. The van der Waals surface area contributed by atoms with E-state index in [4.69, 9.17) is 9.47 Å². The van der Waals surface area contributed by atoms with Gasteiger partial charge in [-0.15, -0.1) is 0 Å². The molecule has 5 nitrogen and oxygen atoms in total. The highest BCUT2D eigenvalue weighted by Crippen LogP contribution is 2.27. The van der Waals surface area contributed by atoms with Gasteiger partial charge in [0.15, 0.2) is 18.0 Å². The molecule has 3 rings (SSSR count). The quantitative estimate of drug-likeness (QED) is 0.744. The Morgan fingerprint density at radius 2 is 1.83 bits per heavy atom. The van der Waals surface area contributed by atoms with Crippen LogP contribution in [0, 0.1) is 0 Å². The summed E-state index contributed by atoms with van der Waals surface area (Å²) in [7, 11) is 5.36. The molecule has 0 saturated carbocycles. The molecule has 1 aliphatic heterocycles. The van der Waals surface area contributed by atoms with Gasteiger partial charge in [-0.3, -0.25) is 4.79 Å². The van der Waals surface area contributed by atoms with Crippen LogP contribution < -0.4 is 14.4 Å². The van der Waals surface area contributed by atoms with Crippen molar-refractivity contribution >= 4 is 11.5 Å². The molecule has 1 atom stereocenters. The molecule has 0 spiro atoms. The lowest BCUT2D eigenvalue weighted by Crippen LogP contribution is -3.10. The largest absolute Gasteiger partial charge is 0.493 e. The van der Waals surface area contributed by atoms with Crippen LogP contribution in [-0.2, 0) is 11.2 Å². The zero-order valence-corrected chi connectivity index (χ0v) is 17.6. The number of carbonyl (C=O) groups excluding carboxylic acids is 1. The van der Waals surface area contributed by atoms with Crippen LogP contribution in [0.1, 0.15) is 17.5 Å². The summed E-state index contributed by atoms with van der Waals surface area (Å²) in [5.74, 6) is 1.70. The lowest BCUT2D eigenvalue weighted by Gasteiger charge is -2.27. The van der Waals surface area contributed by atoms with Crippen LogP contribution in [0.15, 0.2) is 54.6 Å². The van der Waals surface area contributed by atoms with Gasteiger partial charge in [-0.2, -0.15) is 0 Å². The van der Waals surface area contributed by atoms with E-state index >= 15 is 0 Å². The third-order valence-corrected chi connectivity index (χ3v) is 5.45. The van der Waals surface area contributed by atoms with Crippen LogP contribution in [0.2, 0.25) is 0 Å². The molecule has 2 aromatic carbocycles. The van der Waals surface area contributed by atoms with Crippen LogP contribution in [0.25, 0.3) is 5.57 Å². The number of nitrogens with one attached hydrogen (secondary N) is 1. The molecule has 0 saturated heterocycles. The normalized spacial score (nSPS) is 14.9. The Hall–Kier alpha value is -2.79. The fraction of sp³-hybridized carbons (Fsp3) is 0.375. The number of hydrogen-bond acceptors (Lipinski definition) is 3. The van der Waals surface area contributed by atoms with E-state index in [0.717, 1.165) is 37.4 Å². The van der Waals surface area contributed by atoms with Crippen molar-refractivity contribution in [3.63, 3.8) is 0 Å². The molecule has 0 fully saturated rings. The highest BCUT2D eigenvalue weighted by molar-refractivity contribution is 5.79. The van der Waals surface area contributed by atoms with Crippen molar-refractivity contribution in [3.8, 4) is 11.5 Å². The predicted molar refractivity (Wildman–Crippen MR) is 115 cm³/mol. The minimum absolute atomic E-state index is 0.221. The number of ether oxygens (including phenoxy) is 2. The Morgan fingerprint density at radius 1 is 1.07 bits per heavy atom. The molecule has 154 valence electrons. The van der Waals surface area contributed by atoms with E-state index in [2.05, 4.69) is 43.5 Å². The summed E-state index contributed by atoms with van der Waals surface area (Å²) < 4.78 is 10.7. The van der Waals surface area contributed by atoms with E-state index in [9.17, 15) is 4.79 Å². The molecule has 0 aliphatic carbocycles. The molecule has 1 amide bonds. The first-order chi connectivity index (χ1) is 14.1. The summed E-state index contributed by atoms with van der Waals surface area (Å²) >= 11 is 0. The van der Waals surface area contributed by atoms with Crippen molar-refractivity contribution in [3.05, 3.63) is 65.7 Å². The van der Waals surface area contributed by atoms with Gasteiger partial charge < -0.3 is 19.3 Å². The van der Waals surface area contributed by atoms with Crippen LogP contribution in [0.5, 0.6) is 11.5 Å².